The van der Waals surface area contributed by atoms with Crippen molar-refractivity contribution < 1.29 is 0 Å². The van der Waals surface area contributed by atoms with Gasteiger partial charge >= 0.3 is 0 Å². The Morgan fingerprint density at radius 2 is 2.05 bits per heavy atom. The van der Waals surface area contributed by atoms with Crippen LogP contribution in [0.3, 0.4) is 0 Å². The average Bonchev–Trinajstić information content (AvgIpc) is 2.76. The highest BCUT2D eigenvalue weighted by molar-refractivity contribution is 7.71. The maximum absolute atomic E-state index is 5.45. The monoisotopic (exact) mass is 269 g/mol. The van der Waals surface area contributed by atoms with E-state index >= 15 is 0 Å². The summed E-state index contributed by atoms with van der Waals surface area (Å²) in [5.74, 6) is 0. The molecule has 0 fully saturated rings. The van der Waals surface area contributed by atoms with Crippen molar-refractivity contribution in [2.45, 2.75) is 19.8 Å². The third-order valence-electron chi connectivity index (χ3n) is 3.20. The van der Waals surface area contributed by atoms with Crippen LogP contribution in [0.25, 0.3) is 16.9 Å². The van der Waals surface area contributed by atoms with Gasteiger partial charge in [-0.2, -0.15) is 0 Å². The molecule has 0 spiro atoms. The number of aromatic amines is 1. The molecule has 3 nitrogen and oxygen atoms in total. The van der Waals surface area contributed by atoms with Crippen molar-refractivity contribution in [1.82, 2.24) is 14.5 Å². The van der Waals surface area contributed by atoms with Crippen LogP contribution < -0.4 is 0 Å². The highest BCUT2D eigenvalue weighted by Gasteiger charge is 2.10. The number of aryl methyl sites for hydroxylation is 1. The molecular weight excluding hydrogens is 254 g/mol. The molecular formula is C15H15N3S. The Bertz CT molecular complexity index is 770. The third kappa shape index (κ3) is 2.08. The van der Waals surface area contributed by atoms with Crippen molar-refractivity contribution in [3.05, 3.63) is 52.9 Å². The lowest BCUT2D eigenvalue weighted by molar-refractivity contribution is 0.898. The fourth-order valence-electron chi connectivity index (χ4n) is 2.37. The van der Waals surface area contributed by atoms with Gasteiger partial charge in [-0.25, -0.2) is 4.98 Å². The molecule has 0 bridgehead atoms. The number of rotatable bonds is 3. The molecule has 2 aromatic heterocycles. The van der Waals surface area contributed by atoms with Crippen LogP contribution in [-0.4, -0.2) is 14.5 Å². The Kier molecular flexibility index (Phi) is 3.17. The summed E-state index contributed by atoms with van der Waals surface area (Å²) >= 11 is 5.45. The second-order valence-electron chi connectivity index (χ2n) is 4.52. The summed E-state index contributed by atoms with van der Waals surface area (Å²) in [6, 6.07) is 12.3. The minimum atomic E-state index is 0.692. The SMILES string of the molecule is CCCc1ccccc1-n1c(=S)[nH]c2cccnc21. The van der Waals surface area contributed by atoms with Gasteiger partial charge in [0.25, 0.3) is 0 Å². The molecule has 0 aliphatic rings. The fourth-order valence-corrected chi connectivity index (χ4v) is 2.67. The molecule has 0 aliphatic carbocycles. The van der Waals surface area contributed by atoms with Gasteiger partial charge in [0.05, 0.1) is 11.2 Å². The normalized spacial score (nSPS) is 11.0. The number of benzene rings is 1. The molecule has 0 radical (unpaired) electrons. The smallest absolute Gasteiger partial charge is 0.184 e. The standard InChI is InChI=1S/C15H15N3S/c1-2-6-11-7-3-4-9-13(11)18-14-12(17-15(18)19)8-5-10-16-14/h3-5,7-10H,2,6H2,1H3,(H,17,19). The molecule has 3 aromatic rings. The van der Waals surface area contributed by atoms with E-state index in [0.717, 1.165) is 29.7 Å². The maximum Gasteiger partial charge on any atom is 0.184 e. The minimum absolute atomic E-state index is 0.692. The Morgan fingerprint density at radius 1 is 1.21 bits per heavy atom. The number of fused-ring (bicyclic) bond motifs is 1. The first-order valence-corrected chi connectivity index (χ1v) is 6.86. The third-order valence-corrected chi connectivity index (χ3v) is 3.48. The molecule has 96 valence electrons. The van der Waals surface area contributed by atoms with Gasteiger partial charge in [-0.15, -0.1) is 0 Å². The van der Waals surface area contributed by atoms with Crippen molar-refractivity contribution in [3.63, 3.8) is 0 Å². The number of hydrogen-bond donors (Lipinski definition) is 1. The number of para-hydroxylation sites is 1. The Labute approximate surface area is 116 Å². The number of aromatic nitrogens is 3. The number of imidazole rings is 1. The molecule has 0 aliphatic heterocycles. The quantitative estimate of drug-likeness (QED) is 0.728. The summed E-state index contributed by atoms with van der Waals surface area (Å²) in [4.78, 5) is 7.65. The number of nitrogens with one attached hydrogen (secondary N) is 1. The molecule has 0 saturated carbocycles. The van der Waals surface area contributed by atoms with Gasteiger partial charge < -0.3 is 4.98 Å². The van der Waals surface area contributed by atoms with E-state index in [-0.39, 0.29) is 0 Å². The van der Waals surface area contributed by atoms with Crippen LogP contribution in [0.1, 0.15) is 18.9 Å². The largest absolute Gasteiger partial charge is 0.329 e. The van der Waals surface area contributed by atoms with Crippen molar-refractivity contribution in [2.75, 3.05) is 0 Å². The zero-order valence-electron chi connectivity index (χ0n) is 10.8. The summed E-state index contributed by atoms with van der Waals surface area (Å²) in [5.41, 5.74) is 4.28. The van der Waals surface area contributed by atoms with Crippen molar-refractivity contribution >= 4 is 23.4 Å². The second kappa shape index (κ2) is 4.97. The van der Waals surface area contributed by atoms with Crippen LogP contribution in [0.15, 0.2) is 42.6 Å². The van der Waals surface area contributed by atoms with Crippen molar-refractivity contribution in [3.8, 4) is 5.69 Å². The summed E-state index contributed by atoms with van der Waals surface area (Å²) in [6.45, 7) is 2.18. The maximum atomic E-state index is 5.45. The Hall–Kier alpha value is -1.94. The lowest BCUT2D eigenvalue weighted by atomic mass is 10.1. The molecule has 2 heterocycles. The first-order valence-electron chi connectivity index (χ1n) is 6.45. The second-order valence-corrected chi connectivity index (χ2v) is 4.91. The molecule has 0 unspecified atom stereocenters. The van der Waals surface area contributed by atoms with Crippen LogP contribution in [0.4, 0.5) is 0 Å². The molecule has 0 amide bonds. The number of H-pyrrole nitrogens is 1. The van der Waals surface area contributed by atoms with Gasteiger partial charge in [0.2, 0.25) is 0 Å². The van der Waals surface area contributed by atoms with Crippen LogP contribution in [0.2, 0.25) is 0 Å². The molecule has 0 atom stereocenters. The van der Waals surface area contributed by atoms with Gasteiger partial charge in [0.1, 0.15) is 0 Å². The van der Waals surface area contributed by atoms with Crippen molar-refractivity contribution in [1.29, 1.82) is 0 Å². The van der Waals surface area contributed by atoms with Crippen LogP contribution in [0.5, 0.6) is 0 Å². The summed E-state index contributed by atoms with van der Waals surface area (Å²) in [6.07, 6.45) is 3.95. The van der Waals surface area contributed by atoms with E-state index in [1.54, 1.807) is 6.20 Å². The zero-order valence-corrected chi connectivity index (χ0v) is 11.6. The first-order chi connectivity index (χ1) is 9.31. The molecule has 1 aromatic carbocycles. The Morgan fingerprint density at radius 3 is 2.89 bits per heavy atom. The minimum Gasteiger partial charge on any atom is -0.329 e. The van der Waals surface area contributed by atoms with E-state index in [4.69, 9.17) is 12.2 Å². The summed E-state index contributed by atoms with van der Waals surface area (Å²) in [7, 11) is 0. The molecule has 4 heteroatoms. The highest BCUT2D eigenvalue weighted by Crippen LogP contribution is 2.21. The number of hydrogen-bond acceptors (Lipinski definition) is 2. The van der Waals surface area contributed by atoms with E-state index in [0.29, 0.717) is 4.77 Å². The van der Waals surface area contributed by atoms with E-state index < -0.39 is 0 Å². The summed E-state index contributed by atoms with van der Waals surface area (Å²) < 4.78 is 2.72. The summed E-state index contributed by atoms with van der Waals surface area (Å²) in [5, 5.41) is 0. The van der Waals surface area contributed by atoms with Gasteiger partial charge in [-0.05, 0) is 42.4 Å². The van der Waals surface area contributed by atoms with Crippen molar-refractivity contribution in [2.24, 2.45) is 0 Å². The fraction of sp³-hybridized carbons (Fsp3) is 0.200. The first kappa shape index (κ1) is 12.1. The van der Waals surface area contributed by atoms with Crippen LogP contribution in [-0.2, 0) is 6.42 Å². The number of pyridine rings is 1. The van der Waals surface area contributed by atoms with E-state index in [2.05, 4.69) is 35.1 Å². The molecule has 1 N–H and O–H groups in total. The number of nitrogens with zero attached hydrogens (tertiary/aromatic N) is 2. The molecule has 3 rings (SSSR count). The zero-order chi connectivity index (χ0) is 13.2. The Balaban J connectivity index is 2.30. The van der Waals surface area contributed by atoms with Gasteiger partial charge in [-0.1, -0.05) is 31.5 Å². The van der Waals surface area contributed by atoms with Gasteiger partial charge in [0.15, 0.2) is 10.4 Å². The van der Waals surface area contributed by atoms with Gasteiger partial charge in [0, 0.05) is 6.20 Å². The predicted octanol–water partition coefficient (Wildman–Crippen LogP) is 4.04. The van der Waals surface area contributed by atoms with Crippen LogP contribution in [0, 0.1) is 4.77 Å². The highest BCUT2D eigenvalue weighted by atomic mass is 32.1. The van der Waals surface area contributed by atoms with E-state index in [1.807, 2.05) is 22.8 Å². The lowest BCUT2D eigenvalue weighted by Crippen LogP contribution is -2.00. The molecule has 0 saturated heterocycles. The average molecular weight is 269 g/mol. The predicted molar refractivity (Wildman–Crippen MR) is 80.2 cm³/mol. The van der Waals surface area contributed by atoms with Gasteiger partial charge in [-0.3, -0.25) is 4.57 Å². The lowest BCUT2D eigenvalue weighted by Gasteiger charge is -2.09. The topological polar surface area (TPSA) is 33.6 Å². The van der Waals surface area contributed by atoms with Crippen LogP contribution >= 0.6 is 12.2 Å². The molecule has 19 heavy (non-hydrogen) atoms. The van der Waals surface area contributed by atoms with E-state index in [9.17, 15) is 0 Å². The van der Waals surface area contributed by atoms with E-state index in [1.165, 1.54) is 5.56 Å².